The second-order valence-corrected chi connectivity index (χ2v) is 4.68. The predicted octanol–water partition coefficient (Wildman–Crippen LogP) is 2.44. The molecule has 0 unspecified atom stereocenters. The minimum Gasteiger partial charge on any atom is -0.298 e. The number of hydrogen-bond acceptors (Lipinski definition) is 4. The normalized spacial score (nSPS) is 10.2. The van der Waals surface area contributed by atoms with Crippen molar-refractivity contribution in [1.29, 1.82) is 5.26 Å². The molecule has 1 aromatic carbocycles. The molecule has 0 spiro atoms. The van der Waals surface area contributed by atoms with Crippen LogP contribution in [0.2, 0.25) is 0 Å². The molecule has 0 aliphatic rings. The minimum absolute atomic E-state index is 0.0955. The summed E-state index contributed by atoms with van der Waals surface area (Å²) in [4.78, 5) is 14.9. The van der Waals surface area contributed by atoms with Crippen LogP contribution >= 0.6 is 11.8 Å². The first-order valence-electron chi connectivity index (χ1n) is 5.40. The van der Waals surface area contributed by atoms with E-state index in [4.69, 9.17) is 5.26 Å². The molecular weight excluding hydrogens is 232 g/mol. The average molecular weight is 248 g/mol. The van der Waals surface area contributed by atoms with Crippen LogP contribution in [0.15, 0.2) is 29.2 Å². The molecule has 0 aliphatic heterocycles. The standard InChI is InChI=1S/C13H16N2OS/c1-15(9-3-8-14)10-13(16)11-4-6-12(17-2)7-5-11/h4-7H,3,9-10H2,1-2H3. The number of Topliss-reactive ketones (excluding diaryl/α,β-unsaturated/α-hetero) is 1. The van der Waals surface area contributed by atoms with E-state index in [1.165, 1.54) is 0 Å². The zero-order chi connectivity index (χ0) is 12.7. The van der Waals surface area contributed by atoms with Gasteiger partial charge in [0, 0.05) is 23.4 Å². The maximum absolute atomic E-state index is 11.9. The molecule has 1 rings (SSSR count). The maximum atomic E-state index is 11.9. The average Bonchev–Trinajstić information content (AvgIpc) is 2.36. The Bertz CT molecular complexity index is 408. The maximum Gasteiger partial charge on any atom is 0.176 e. The van der Waals surface area contributed by atoms with Crippen molar-refractivity contribution in [2.75, 3.05) is 26.4 Å². The van der Waals surface area contributed by atoms with Crippen LogP contribution < -0.4 is 0 Å². The van der Waals surface area contributed by atoms with Crippen molar-refractivity contribution < 1.29 is 4.79 Å². The van der Waals surface area contributed by atoms with Crippen molar-refractivity contribution in [3.05, 3.63) is 29.8 Å². The van der Waals surface area contributed by atoms with E-state index >= 15 is 0 Å². The van der Waals surface area contributed by atoms with Gasteiger partial charge >= 0.3 is 0 Å². The minimum atomic E-state index is 0.0955. The fourth-order valence-corrected chi connectivity index (χ4v) is 1.84. The van der Waals surface area contributed by atoms with Gasteiger partial charge in [-0.3, -0.25) is 9.69 Å². The molecule has 0 saturated heterocycles. The Morgan fingerprint density at radius 3 is 2.59 bits per heavy atom. The zero-order valence-electron chi connectivity index (χ0n) is 10.1. The molecule has 0 atom stereocenters. The van der Waals surface area contributed by atoms with Crippen LogP contribution in [0.5, 0.6) is 0 Å². The first kappa shape index (κ1) is 13.8. The Labute approximate surface area is 106 Å². The summed E-state index contributed by atoms with van der Waals surface area (Å²) in [6, 6.07) is 9.68. The Morgan fingerprint density at radius 1 is 1.41 bits per heavy atom. The molecule has 0 radical (unpaired) electrons. The number of ketones is 1. The summed E-state index contributed by atoms with van der Waals surface area (Å²) in [5, 5.41) is 8.46. The van der Waals surface area contributed by atoms with E-state index in [1.54, 1.807) is 11.8 Å². The number of nitrogens with zero attached hydrogens (tertiary/aromatic N) is 2. The summed E-state index contributed by atoms with van der Waals surface area (Å²) < 4.78 is 0. The van der Waals surface area contributed by atoms with Crippen LogP contribution in [-0.4, -0.2) is 37.1 Å². The fourth-order valence-electron chi connectivity index (χ4n) is 1.43. The van der Waals surface area contributed by atoms with Gasteiger partial charge in [0.1, 0.15) is 0 Å². The second-order valence-electron chi connectivity index (χ2n) is 3.80. The highest BCUT2D eigenvalue weighted by atomic mass is 32.2. The largest absolute Gasteiger partial charge is 0.298 e. The molecule has 0 fully saturated rings. The number of carbonyl (C=O) groups excluding carboxylic acids is 1. The van der Waals surface area contributed by atoms with Crippen molar-refractivity contribution in [3.63, 3.8) is 0 Å². The molecule has 3 nitrogen and oxygen atoms in total. The lowest BCUT2D eigenvalue weighted by atomic mass is 10.1. The fraction of sp³-hybridized carbons (Fsp3) is 0.385. The monoisotopic (exact) mass is 248 g/mol. The molecule has 0 amide bonds. The SMILES string of the molecule is CSc1ccc(C(=O)CN(C)CCC#N)cc1. The molecule has 90 valence electrons. The Kier molecular flexibility index (Phi) is 5.75. The molecule has 4 heteroatoms. The van der Waals surface area contributed by atoms with Crippen LogP contribution in [0.4, 0.5) is 0 Å². The van der Waals surface area contributed by atoms with Gasteiger partial charge in [0.05, 0.1) is 12.6 Å². The van der Waals surface area contributed by atoms with Crippen LogP contribution in [0.1, 0.15) is 16.8 Å². The quantitative estimate of drug-likeness (QED) is 0.573. The van der Waals surface area contributed by atoms with E-state index in [0.29, 0.717) is 19.5 Å². The van der Waals surface area contributed by atoms with Crippen molar-refractivity contribution in [1.82, 2.24) is 4.90 Å². The highest BCUT2D eigenvalue weighted by Crippen LogP contribution is 2.15. The lowest BCUT2D eigenvalue weighted by Crippen LogP contribution is -2.26. The summed E-state index contributed by atoms with van der Waals surface area (Å²) in [5.74, 6) is 0.0955. The van der Waals surface area contributed by atoms with E-state index in [1.807, 2.05) is 42.5 Å². The van der Waals surface area contributed by atoms with Crippen molar-refractivity contribution in [3.8, 4) is 6.07 Å². The third kappa shape index (κ3) is 4.59. The molecule has 0 aromatic heterocycles. The summed E-state index contributed by atoms with van der Waals surface area (Å²) in [6.07, 6.45) is 2.46. The topological polar surface area (TPSA) is 44.1 Å². The lowest BCUT2D eigenvalue weighted by molar-refractivity contribution is 0.0947. The molecule has 0 bridgehead atoms. The predicted molar refractivity (Wildman–Crippen MR) is 70.3 cm³/mol. The molecule has 0 saturated carbocycles. The number of rotatable bonds is 6. The third-order valence-corrected chi connectivity index (χ3v) is 3.17. The Balaban J connectivity index is 2.54. The molecule has 0 heterocycles. The van der Waals surface area contributed by atoms with Gasteiger partial charge in [-0.25, -0.2) is 0 Å². The number of benzene rings is 1. The number of thioether (sulfide) groups is 1. The first-order chi connectivity index (χ1) is 8.17. The smallest absolute Gasteiger partial charge is 0.176 e. The van der Waals surface area contributed by atoms with E-state index in [2.05, 4.69) is 6.07 Å². The van der Waals surface area contributed by atoms with Gasteiger partial charge in [-0.2, -0.15) is 5.26 Å². The van der Waals surface area contributed by atoms with Gasteiger partial charge in [-0.15, -0.1) is 11.8 Å². The molecule has 1 aromatic rings. The van der Waals surface area contributed by atoms with E-state index < -0.39 is 0 Å². The second kappa shape index (κ2) is 7.10. The van der Waals surface area contributed by atoms with Crippen molar-refractivity contribution >= 4 is 17.5 Å². The lowest BCUT2D eigenvalue weighted by Gasteiger charge is -2.13. The Hall–Kier alpha value is -1.31. The third-order valence-electron chi connectivity index (χ3n) is 2.43. The Morgan fingerprint density at radius 2 is 2.06 bits per heavy atom. The van der Waals surface area contributed by atoms with Crippen LogP contribution in [0, 0.1) is 11.3 Å². The van der Waals surface area contributed by atoms with Crippen molar-refractivity contribution in [2.24, 2.45) is 0 Å². The first-order valence-corrected chi connectivity index (χ1v) is 6.62. The number of carbonyl (C=O) groups is 1. The van der Waals surface area contributed by atoms with Gasteiger partial charge < -0.3 is 0 Å². The summed E-state index contributed by atoms with van der Waals surface area (Å²) >= 11 is 1.66. The molecule has 0 N–H and O–H groups in total. The van der Waals surface area contributed by atoms with Gasteiger partial charge in [0.25, 0.3) is 0 Å². The highest BCUT2D eigenvalue weighted by molar-refractivity contribution is 7.98. The number of hydrogen-bond donors (Lipinski definition) is 0. The van der Waals surface area contributed by atoms with Crippen LogP contribution in [0.3, 0.4) is 0 Å². The van der Waals surface area contributed by atoms with Crippen LogP contribution in [0.25, 0.3) is 0 Å². The summed E-state index contributed by atoms with van der Waals surface area (Å²) in [7, 11) is 1.85. The molecular formula is C13H16N2OS. The van der Waals surface area contributed by atoms with Gasteiger partial charge in [-0.05, 0) is 25.4 Å². The van der Waals surface area contributed by atoms with Gasteiger partial charge in [0.15, 0.2) is 5.78 Å². The van der Waals surface area contributed by atoms with Crippen molar-refractivity contribution in [2.45, 2.75) is 11.3 Å². The number of likely N-dealkylation sites (N-methyl/N-ethyl adjacent to an activating group) is 1. The highest BCUT2D eigenvalue weighted by Gasteiger charge is 2.08. The van der Waals surface area contributed by atoms with E-state index in [9.17, 15) is 4.79 Å². The zero-order valence-corrected chi connectivity index (χ0v) is 11.0. The van der Waals surface area contributed by atoms with E-state index in [0.717, 1.165) is 10.5 Å². The van der Waals surface area contributed by atoms with Gasteiger partial charge in [0.2, 0.25) is 0 Å². The number of nitriles is 1. The molecule has 0 aliphatic carbocycles. The van der Waals surface area contributed by atoms with E-state index in [-0.39, 0.29) is 5.78 Å². The summed E-state index contributed by atoms with van der Waals surface area (Å²) in [5.41, 5.74) is 0.728. The van der Waals surface area contributed by atoms with Gasteiger partial charge in [-0.1, -0.05) is 12.1 Å². The molecule has 17 heavy (non-hydrogen) atoms. The van der Waals surface area contributed by atoms with Crippen LogP contribution in [-0.2, 0) is 0 Å². The summed E-state index contributed by atoms with van der Waals surface area (Å²) in [6.45, 7) is 0.991.